The molecule has 0 saturated carbocycles. The van der Waals surface area contributed by atoms with Crippen LogP contribution in [0.25, 0.3) is 0 Å². The van der Waals surface area contributed by atoms with Crippen LogP contribution in [0.4, 0.5) is 0 Å². The molecule has 0 spiro atoms. The third-order valence-electron chi connectivity index (χ3n) is 4.19. The summed E-state index contributed by atoms with van der Waals surface area (Å²) in [5.74, 6) is 0.679. The van der Waals surface area contributed by atoms with E-state index in [4.69, 9.17) is 8.85 Å². The van der Waals surface area contributed by atoms with Gasteiger partial charge in [-0.25, -0.2) is 0 Å². The summed E-state index contributed by atoms with van der Waals surface area (Å²) >= 11 is 0. The second-order valence-corrected chi connectivity index (χ2v) is 14.1. The number of hydrogen-bond acceptors (Lipinski definition) is 4. The third-order valence-corrected chi connectivity index (χ3v) is 9.14. The van der Waals surface area contributed by atoms with Crippen molar-refractivity contribution in [2.24, 2.45) is 5.92 Å². The Morgan fingerprint density at radius 2 is 1.52 bits per heavy atom. The van der Waals surface area contributed by atoms with E-state index in [9.17, 15) is 0 Å². The summed E-state index contributed by atoms with van der Waals surface area (Å²) in [7, 11) is -2.53. The van der Waals surface area contributed by atoms with Crippen LogP contribution in [0, 0.1) is 5.92 Å². The first-order valence-corrected chi connectivity index (χ1v) is 13.8. The van der Waals surface area contributed by atoms with E-state index in [1.807, 2.05) is 0 Å². The van der Waals surface area contributed by atoms with Gasteiger partial charge in [0.25, 0.3) is 0 Å². The van der Waals surface area contributed by atoms with Crippen LogP contribution >= 0.6 is 0 Å². The number of nitrogens with zero attached hydrogens (tertiary/aromatic N) is 2. The quantitative estimate of drug-likeness (QED) is 0.605. The Bertz CT molecular complexity index is 273. The molecule has 0 aromatic heterocycles. The zero-order valence-corrected chi connectivity index (χ0v) is 17.2. The lowest BCUT2D eigenvalue weighted by Crippen LogP contribution is -2.56. The molecule has 6 heteroatoms. The normalized spacial score (nSPS) is 20.1. The van der Waals surface area contributed by atoms with E-state index in [-0.39, 0.29) is 0 Å². The van der Waals surface area contributed by atoms with Gasteiger partial charge in [0.15, 0.2) is 0 Å². The second-order valence-electron chi connectivity index (χ2n) is 7.14. The molecule has 1 atom stereocenters. The molecule has 1 rings (SSSR count). The van der Waals surface area contributed by atoms with Gasteiger partial charge in [-0.3, -0.25) is 0 Å². The summed E-state index contributed by atoms with van der Waals surface area (Å²) < 4.78 is 14.3. The Kier molecular flexibility index (Phi) is 8.67. The molecule has 126 valence electrons. The Hall–Kier alpha value is 0.274. The van der Waals surface area contributed by atoms with Crippen molar-refractivity contribution in [3.8, 4) is 0 Å². The maximum Gasteiger partial charge on any atom is 0.321 e. The SMILES string of the molecule is CCO[SiH](CC(C)CN1CCN([Si](C)(C)C)CC1)OCC. The molecular weight excluding hydrogens is 296 g/mol. The molecule has 0 amide bonds. The third kappa shape index (κ3) is 7.39. The van der Waals surface area contributed by atoms with Crippen LogP contribution in [0.2, 0.25) is 25.7 Å². The van der Waals surface area contributed by atoms with Crippen LogP contribution in [-0.4, -0.2) is 72.9 Å². The average Bonchev–Trinajstić information content (AvgIpc) is 2.38. The number of rotatable bonds is 9. The molecule has 1 heterocycles. The molecule has 0 radical (unpaired) electrons. The molecule has 0 aromatic carbocycles. The molecule has 1 saturated heterocycles. The average molecular weight is 333 g/mol. The van der Waals surface area contributed by atoms with Crippen molar-refractivity contribution in [3.63, 3.8) is 0 Å². The molecule has 0 aromatic rings. The first-order chi connectivity index (χ1) is 9.86. The summed E-state index contributed by atoms with van der Waals surface area (Å²) in [6.07, 6.45) is 0. The highest BCUT2D eigenvalue weighted by Crippen LogP contribution is 2.16. The van der Waals surface area contributed by atoms with E-state index < -0.39 is 17.5 Å². The van der Waals surface area contributed by atoms with Crippen LogP contribution in [0.15, 0.2) is 0 Å². The highest BCUT2D eigenvalue weighted by molar-refractivity contribution is 6.73. The van der Waals surface area contributed by atoms with Crippen molar-refractivity contribution in [3.05, 3.63) is 0 Å². The van der Waals surface area contributed by atoms with E-state index in [1.54, 1.807) is 0 Å². The molecule has 21 heavy (non-hydrogen) atoms. The summed E-state index contributed by atoms with van der Waals surface area (Å²) in [4.78, 5) is 2.63. The predicted octanol–water partition coefficient (Wildman–Crippen LogP) is 2.37. The minimum atomic E-state index is -1.43. The maximum absolute atomic E-state index is 5.80. The van der Waals surface area contributed by atoms with E-state index in [0.29, 0.717) is 5.92 Å². The van der Waals surface area contributed by atoms with Gasteiger partial charge >= 0.3 is 9.28 Å². The van der Waals surface area contributed by atoms with Crippen molar-refractivity contribution in [1.29, 1.82) is 0 Å². The molecule has 0 bridgehead atoms. The topological polar surface area (TPSA) is 24.9 Å². The first kappa shape index (κ1) is 19.3. The van der Waals surface area contributed by atoms with E-state index in [0.717, 1.165) is 19.3 Å². The second kappa shape index (κ2) is 9.42. The fourth-order valence-electron chi connectivity index (χ4n) is 3.00. The van der Waals surface area contributed by atoms with Gasteiger partial charge < -0.3 is 18.3 Å². The van der Waals surface area contributed by atoms with Gasteiger partial charge in [-0.1, -0.05) is 26.6 Å². The van der Waals surface area contributed by atoms with Crippen molar-refractivity contribution in [2.75, 3.05) is 45.9 Å². The predicted molar refractivity (Wildman–Crippen MR) is 95.7 cm³/mol. The standard InChI is InChI=1S/C15H36N2O2Si2/c1-7-18-20(19-8-2)14-15(3)13-16-9-11-17(12-10-16)21(4,5)6/h15,20H,7-14H2,1-6H3. The van der Waals surface area contributed by atoms with Gasteiger partial charge in [-0.05, 0) is 25.8 Å². The van der Waals surface area contributed by atoms with Gasteiger partial charge in [0.2, 0.25) is 0 Å². The minimum Gasteiger partial charge on any atom is -0.397 e. The Labute approximate surface area is 134 Å². The zero-order valence-electron chi connectivity index (χ0n) is 15.0. The van der Waals surface area contributed by atoms with Gasteiger partial charge in [-0.15, -0.1) is 0 Å². The molecule has 0 N–H and O–H groups in total. The maximum atomic E-state index is 5.80. The van der Waals surface area contributed by atoms with Crippen LogP contribution in [-0.2, 0) is 8.85 Å². The summed E-state index contributed by atoms with van der Waals surface area (Å²) in [5, 5.41) is 0. The van der Waals surface area contributed by atoms with Gasteiger partial charge in [0.1, 0.15) is 8.24 Å². The Morgan fingerprint density at radius 1 is 1.00 bits per heavy atom. The molecule has 1 aliphatic rings. The molecule has 1 unspecified atom stereocenters. The number of hydrogen-bond donors (Lipinski definition) is 0. The van der Waals surface area contributed by atoms with E-state index in [2.05, 4.69) is 49.9 Å². The molecule has 4 nitrogen and oxygen atoms in total. The Morgan fingerprint density at radius 3 is 1.95 bits per heavy atom. The molecule has 0 aliphatic carbocycles. The number of piperazine rings is 1. The largest absolute Gasteiger partial charge is 0.397 e. The zero-order chi connectivity index (χ0) is 15.9. The summed E-state index contributed by atoms with van der Waals surface area (Å²) in [5.41, 5.74) is 0. The fraction of sp³-hybridized carbons (Fsp3) is 1.00. The van der Waals surface area contributed by atoms with Crippen LogP contribution in [0.5, 0.6) is 0 Å². The molecule has 1 fully saturated rings. The van der Waals surface area contributed by atoms with Crippen molar-refractivity contribution >= 4 is 17.5 Å². The van der Waals surface area contributed by atoms with Crippen LogP contribution in [0.3, 0.4) is 0 Å². The van der Waals surface area contributed by atoms with Crippen molar-refractivity contribution in [2.45, 2.75) is 46.5 Å². The molecular formula is C15H36N2O2Si2. The highest BCUT2D eigenvalue weighted by atomic mass is 28.3. The lowest BCUT2D eigenvalue weighted by Gasteiger charge is -2.42. The van der Waals surface area contributed by atoms with Crippen LogP contribution < -0.4 is 0 Å². The van der Waals surface area contributed by atoms with E-state index >= 15 is 0 Å². The lowest BCUT2D eigenvalue weighted by molar-refractivity contribution is 0.160. The fourth-order valence-corrected chi connectivity index (χ4v) is 6.46. The summed E-state index contributed by atoms with van der Waals surface area (Å²) in [6.45, 7) is 21.6. The van der Waals surface area contributed by atoms with E-state index in [1.165, 1.54) is 32.7 Å². The van der Waals surface area contributed by atoms with Crippen LogP contribution in [0.1, 0.15) is 20.8 Å². The monoisotopic (exact) mass is 332 g/mol. The van der Waals surface area contributed by atoms with Gasteiger partial charge in [0, 0.05) is 45.9 Å². The van der Waals surface area contributed by atoms with Crippen molar-refractivity contribution < 1.29 is 8.85 Å². The lowest BCUT2D eigenvalue weighted by atomic mass is 10.2. The Balaban J connectivity index is 2.31. The molecule has 1 aliphatic heterocycles. The smallest absolute Gasteiger partial charge is 0.321 e. The van der Waals surface area contributed by atoms with Crippen molar-refractivity contribution in [1.82, 2.24) is 9.47 Å². The van der Waals surface area contributed by atoms with Gasteiger partial charge in [0.05, 0.1) is 0 Å². The first-order valence-electron chi connectivity index (χ1n) is 8.57. The highest BCUT2D eigenvalue weighted by Gasteiger charge is 2.28. The summed E-state index contributed by atoms with van der Waals surface area (Å²) in [6, 6.07) is 1.13. The van der Waals surface area contributed by atoms with Gasteiger partial charge in [-0.2, -0.15) is 0 Å². The minimum absolute atomic E-state index is 0.679.